The van der Waals surface area contributed by atoms with E-state index in [4.69, 9.17) is 0 Å². The van der Waals surface area contributed by atoms with Gasteiger partial charge >= 0.3 is 18.0 Å². The van der Waals surface area contributed by atoms with Gasteiger partial charge in [-0.1, -0.05) is 81.4 Å². The van der Waals surface area contributed by atoms with Crippen LogP contribution < -0.4 is 0 Å². The minimum absolute atomic E-state index is 0.146. The van der Waals surface area contributed by atoms with Gasteiger partial charge in [0.05, 0.1) is 0 Å². The third-order valence-electron chi connectivity index (χ3n) is 4.08. The van der Waals surface area contributed by atoms with Crippen molar-refractivity contribution in [1.82, 2.24) is 0 Å². The zero-order valence-electron chi connectivity index (χ0n) is 13.3. The maximum atomic E-state index is 13.9. The van der Waals surface area contributed by atoms with Crippen molar-refractivity contribution in [3.8, 4) is 0 Å². The van der Waals surface area contributed by atoms with Gasteiger partial charge in [-0.2, -0.15) is 26.3 Å². The Hall–Kier alpha value is 0.240. The summed E-state index contributed by atoms with van der Waals surface area (Å²) in [5, 5.41) is 0. The third kappa shape index (κ3) is 6.57. The molecule has 2 atom stereocenters. The Kier molecular flexibility index (Phi) is 9.75. The van der Waals surface area contributed by atoms with E-state index in [-0.39, 0.29) is 6.42 Å². The van der Waals surface area contributed by atoms with E-state index < -0.39 is 27.9 Å². The molecule has 0 aliphatic carbocycles. The molecular weight excluding hydrogens is 440 g/mol. The van der Waals surface area contributed by atoms with E-state index in [1.165, 1.54) is 22.6 Å². The fourth-order valence-corrected chi connectivity index (χ4v) is 3.41. The summed E-state index contributed by atoms with van der Waals surface area (Å²) < 4.78 is 88.9. The molecule has 0 amide bonds. The van der Waals surface area contributed by atoms with Gasteiger partial charge in [-0.3, -0.25) is 0 Å². The molecular formula is C15H24F7I. The van der Waals surface area contributed by atoms with E-state index in [2.05, 4.69) is 6.92 Å². The van der Waals surface area contributed by atoms with E-state index in [9.17, 15) is 30.7 Å². The van der Waals surface area contributed by atoms with Gasteiger partial charge in [-0.15, -0.1) is 0 Å². The fraction of sp³-hybridized carbons (Fsp3) is 1.00. The SMILES string of the molecule is CCCCCCCCCC(I)C(C)C(F)(C(F)(F)F)C(F)(F)F. The Balaban J connectivity index is 4.53. The highest BCUT2D eigenvalue weighted by Crippen LogP contribution is 2.52. The molecule has 0 aliphatic rings. The lowest BCUT2D eigenvalue weighted by molar-refractivity contribution is -0.356. The van der Waals surface area contributed by atoms with Gasteiger partial charge in [0.2, 0.25) is 0 Å². The van der Waals surface area contributed by atoms with Crippen molar-refractivity contribution in [3.63, 3.8) is 0 Å². The zero-order chi connectivity index (χ0) is 18.3. The molecule has 0 spiro atoms. The first kappa shape index (κ1) is 23.2. The highest BCUT2D eigenvalue weighted by atomic mass is 127. The summed E-state index contributed by atoms with van der Waals surface area (Å²) >= 11 is 1.51. The molecule has 0 fully saturated rings. The molecule has 0 rings (SSSR count). The minimum atomic E-state index is -5.96. The highest BCUT2D eigenvalue weighted by molar-refractivity contribution is 14.1. The van der Waals surface area contributed by atoms with Crippen LogP contribution in [-0.2, 0) is 0 Å². The second-order valence-corrected chi connectivity index (χ2v) is 7.52. The number of alkyl halides is 8. The molecule has 0 heterocycles. The number of hydrogen-bond donors (Lipinski definition) is 0. The van der Waals surface area contributed by atoms with E-state index in [0.29, 0.717) is 13.3 Å². The van der Waals surface area contributed by atoms with Gasteiger partial charge in [0.15, 0.2) is 0 Å². The van der Waals surface area contributed by atoms with Crippen molar-refractivity contribution in [2.75, 3.05) is 0 Å². The smallest absolute Gasteiger partial charge is 0.223 e. The summed E-state index contributed by atoms with van der Waals surface area (Å²) in [4.78, 5) is 0. The molecule has 0 aromatic carbocycles. The van der Waals surface area contributed by atoms with Crippen molar-refractivity contribution in [1.29, 1.82) is 0 Å². The van der Waals surface area contributed by atoms with Crippen LogP contribution in [0.15, 0.2) is 0 Å². The normalized spacial score (nSPS) is 16.4. The summed E-state index contributed by atoms with van der Waals surface area (Å²) in [6.45, 7) is 2.77. The summed E-state index contributed by atoms with van der Waals surface area (Å²) in [7, 11) is 0. The minimum Gasteiger partial charge on any atom is -0.223 e. The first-order chi connectivity index (χ1) is 10.4. The third-order valence-corrected chi connectivity index (χ3v) is 5.78. The zero-order valence-corrected chi connectivity index (χ0v) is 15.5. The molecule has 0 saturated heterocycles. The van der Waals surface area contributed by atoms with Crippen molar-refractivity contribution in [2.24, 2.45) is 5.92 Å². The Morgan fingerprint density at radius 2 is 1.13 bits per heavy atom. The number of rotatable bonds is 10. The van der Waals surface area contributed by atoms with Gasteiger partial charge < -0.3 is 0 Å². The second-order valence-electron chi connectivity index (χ2n) is 5.92. The molecule has 0 radical (unpaired) electrons. The van der Waals surface area contributed by atoms with Crippen LogP contribution in [0.5, 0.6) is 0 Å². The molecule has 8 heteroatoms. The molecule has 0 N–H and O–H groups in total. The lowest BCUT2D eigenvalue weighted by Crippen LogP contribution is -2.59. The first-order valence-corrected chi connectivity index (χ1v) is 9.10. The van der Waals surface area contributed by atoms with Crippen LogP contribution in [0, 0.1) is 5.92 Å². The van der Waals surface area contributed by atoms with E-state index >= 15 is 0 Å². The molecule has 140 valence electrons. The number of unbranched alkanes of at least 4 members (excludes halogenated alkanes) is 6. The van der Waals surface area contributed by atoms with Gasteiger partial charge in [0, 0.05) is 9.84 Å². The van der Waals surface area contributed by atoms with Crippen molar-refractivity contribution in [3.05, 3.63) is 0 Å². The summed E-state index contributed by atoms with van der Waals surface area (Å²) in [6, 6.07) is 0. The second kappa shape index (κ2) is 9.65. The van der Waals surface area contributed by atoms with Crippen LogP contribution in [0.3, 0.4) is 0 Å². The average molecular weight is 464 g/mol. The van der Waals surface area contributed by atoms with Gasteiger partial charge in [0.25, 0.3) is 0 Å². The van der Waals surface area contributed by atoms with Crippen molar-refractivity contribution in [2.45, 2.75) is 87.2 Å². The van der Waals surface area contributed by atoms with Gasteiger partial charge in [0.1, 0.15) is 0 Å². The summed E-state index contributed by atoms with van der Waals surface area (Å²) in [5.41, 5.74) is -5.16. The molecule has 0 saturated carbocycles. The Morgan fingerprint density at radius 1 is 0.739 bits per heavy atom. The van der Waals surface area contributed by atoms with E-state index in [0.717, 1.165) is 38.5 Å². The Morgan fingerprint density at radius 3 is 1.52 bits per heavy atom. The van der Waals surface area contributed by atoms with Gasteiger partial charge in [-0.05, 0) is 6.42 Å². The maximum Gasteiger partial charge on any atom is 0.431 e. The maximum absolute atomic E-state index is 13.9. The first-order valence-electron chi connectivity index (χ1n) is 7.86. The Labute approximate surface area is 146 Å². The van der Waals surface area contributed by atoms with Crippen LogP contribution in [0.1, 0.15) is 65.2 Å². The monoisotopic (exact) mass is 464 g/mol. The number of hydrogen-bond acceptors (Lipinski definition) is 0. The highest BCUT2D eigenvalue weighted by Gasteiger charge is 2.75. The quantitative estimate of drug-likeness (QED) is 0.137. The van der Waals surface area contributed by atoms with Crippen molar-refractivity contribution < 1.29 is 30.7 Å². The van der Waals surface area contributed by atoms with Crippen LogP contribution in [0.2, 0.25) is 0 Å². The molecule has 0 bridgehead atoms. The lowest BCUT2D eigenvalue weighted by Gasteiger charge is -2.37. The molecule has 0 aromatic rings. The Bertz CT molecular complexity index is 311. The van der Waals surface area contributed by atoms with E-state index in [1.807, 2.05) is 0 Å². The summed E-state index contributed by atoms with van der Waals surface area (Å²) in [5.74, 6) is -2.18. The van der Waals surface area contributed by atoms with Crippen LogP contribution in [-0.4, -0.2) is 21.9 Å². The molecule has 0 aromatic heterocycles. The molecule has 23 heavy (non-hydrogen) atoms. The molecule has 0 nitrogen and oxygen atoms in total. The number of halogens is 8. The van der Waals surface area contributed by atoms with E-state index in [1.54, 1.807) is 0 Å². The predicted octanol–water partition coefficient (Wildman–Crippen LogP) is 7.40. The lowest BCUT2D eigenvalue weighted by atomic mass is 9.85. The molecule has 2 unspecified atom stereocenters. The van der Waals surface area contributed by atoms with Crippen LogP contribution >= 0.6 is 22.6 Å². The van der Waals surface area contributed by atoms with Crippen molar-refractivity contribution >= 4 is 22.6 Å². The van der Waals surface area contributed by atoms with Crippen LogP contribution in [0.4, 0.5) is 30.7 Å². The largest absolute Gasteiger partial charge is 0.431 e. The average Bonchev–Trinajstić information content (AvgIpc) is 2.41. The topological polar surface area (TPSA) is 0 Å². The van der Waals surface area contributed by atoms with Gasteiger partial charge in [-0.25, -0.2) is 4.39 Å². The van der Waals surface area contributed by atoms with Crippen LogP contribution in [0.25, 0.3) is 0 Å². The summed E-state index contributed by atoms with van der Waals surface area (Å²) in [6.07, 6.45) is -5.33. The molecule has 0 aliphatic heterocycles. The predicted molar refractivity (Wildman–Crippen MR) is 85.5 cm³/mol. The standard InChI is InChI=1S/C15H24F7I/c1-3-4-5-6-7-8-9-10-12(23)11(2)13(16,14(17,18)19)15(20,21)22/h11-12H,3-10H2,1-2H3. The fourth-order valence-electron chi connectivity index (χ4n) is 2.47.